The number of amides is 3. The van der Waals surface area contributed by atoms with Crippen molar-refractivity contribution in [2.24, 2.45) is 0 Å². The van der Waals surface area contributed by atoms with Crippen molar-refractivity contribution < 1.29 is 19.1 Å². The second kappa shape index (κ2) is 9.02. The number of para-hydroxylation sites is 3. The summed E-state index contributed by atoms with van der Waals surface area (Å²) in [5.41, 5.74) is 3.98. The first-order valence-electron chi connectivity index (χ1n) is 11.4. The number of anilines is 3. The van der Waals surface area contributed by atoms with Crippen molar-refractivity contribution in [2.75, 3.05) is 28.2 Å². The SMILES string of the molecule is CC1Oc2ccccc2N(CCC(=O)Nc2ccc(C(=O)N3CCc4ccccc43)cc2)C1=O. The number of benzene rings is 3. The molecule has 5 rings (SSSR count). The van der Waals surface area contributed by atoms with E-state index in [2.05, 4.69) is 5.32 Å². The van der Waals surface area contributed by atoms with Crippen molar-refractivity contribution in [1.29, 1.82) is 0 Å². The number of carbonyl (C=O) groups excluding carboxylic acids is 3. The average Bonchev–Trinajstić information content (AvgIpc) is 3.28. The largest absolute Gasteiger partial charge is 0.479 e. The van der Waals surface area contributed by atoms with Gasteiger partial charge in [-0.25, -0.2) is 0 Å². The van der Waals surface area contributed by atoms with Crippen LogP contribution in [0.2, 0.25) is 0 Å². The lowest BCUT2D eigenvalue weighted by atomic mass is 10.1. The Morgan fingerprint density at radius 1 is 0.971 bits per heavy atom. The predicted molar refractivity (Wildman–Crippen MR) is 130 cm³/mol. The lowest BCUT2D eigenvalue weighted by molar-refractivity contribution is -0.125. The summed E-state index contributed by atoms with van der Waals surface area (Å²) in [6.45, 7) is 2.62. The van der Waals surface area contributed by atoms with Gasteiger partial charge < -0.3 is 19.9 Å². The third kappa shape index (κ3) is 4.12. The predicted octanol–water partition coefficient (Wildman–Crippen LogP) is 4.03. The van der Waals surface area contributed by atoms with Crippen LogP contribution in [0, 0.1) is 0 Å². The van der Waals surface area contributed by atoms with Gasteiger partial charge in [-0.1, -0.05) is 30.3 Å². The van der Waals surface area contributed by atoms with Gasteiger partial charge in [0.1, 0.15) is 5.75 Å². The normalized spacial score (nSPS) is 16.5. The Bertz CT molecular complexity index is 1250. The van der Waals surface area contributed by atoms with Crippen LogP contribution in [0.4, 0.5) is 17.1 Å². The second-order valence-electron chi connectivity index (χ2n) is 8.43. The molecule has 1 atom stereocenters. The van der Waals surface area contributed by atoms with Crippen LogP contribution in [0.15, 0.2) is 72.8 Å². The highest BCUT2D eigenvalue weighted by Crippen LogP contribution is 2.33. The smallest absolute Gasteiger partial charge is 0.267 e. The van der Waals surface area contributed by atoms with E-state index >= 15 is 0 Å². The Labute approximate surface area is 197 Å². The van der Waals surface area contributed by atoms with E-state index < -0.39 is 6.10 Å². The third-order valence-electron chi connectivity index (χ3n) is 6.18. The van der Waals surface area contributed by atoms with Crippen LogP contribution in [-0.2, 0) is 16.0 Å². The van der Waals surface area contributed by atoms with Gasteiger partial charge in [0.15, 0.2) is 6.10 Å². The first-order valence-corrected chi connectivity index (χ1v) is 11.4. The summed E-state index contributed by atoms with van der Waals surface area (Å²) in [5, 5.41) is 2.85. The molecule has 0 saturated carbocycles. The molecule has 172 valence electrons. The van der Waals surface area contributed by atoms with Crippen LogP contribution in [0.5, 0.6) is 5.75 Å². The zero-order chi connectivity index (χ0) is 23.7. The molecule has 0 fully saturated rings. The molecular weight excluding hydrogens is 430 g/mol. The number of hydrogen-bond donors (Lipinski definition) is 1. The zero-order valence-electron chi connectivity index (χ0n) is 18.9. The number of rotatable bonds is 5. The first-order chi connectivity index (χ1) is 16.5. The molecule has 1 N–H and O–H groups in total. The molecule has 0 spiro atoms. The van der Waals surface area contributed by atoms with E-state index in [4.69, 9.17) is 4.74 Å². The third-order valence-corrected chi connectivity index (χ3v) is 6.18. The lowest BCUT2D eigenvalue weighted by Gasteiger charge is -2.32. The minimum Gasteiger partial charge on any atom is -0.479 e. The Hall–Kier alpha value is -4.13. The molecule has 2 aliphatic rings. The van der Waals surface area contributed by atoms with Gasteiger partial charge in [-0.3, -0.25) is 14.4 Å². The Morgan fingerprint density at radius 3 is 2.47 bits per heavy atom. The van der Waals surface area contributed by atoms with Gasteiger partial charge in [0.2, 0.25) is 5.91 Å². The second-order valence-corrected chi connectivity index (χ2v) is 8.43. The van der Waals surface area contributed by atoms with E-state index in [0.29, 0.717) is 29.2 Å². The molecular formula is C27H25N3O4. The average molecular weight is 456 g/mol. The molecule has 7 heteroatoms. The maximum atomic E-state index is 13.0. The van der Waals surface area contributed by atoms with Crippen molar-refractivity contribution >= 4 is 34.8 Å². The Morgan fingerprint density at radius 2 is 1.68 bits per heavy atom. The first kappa shape index (κ1) is 21.7. The summed E-state index contributed by atoms with van der Waals surface area (Å²) in [5.74, 6) is 0.201. The van der Waals surface area contributed by atoms with Crippen LogP contribution in [-0.4, -0.2) is 36.9 Å². The molecule has 3 aromatic carbocycles. The molecule has 2 aliphatic heterocycles. The number of nitrogens with zero attached hydrogens (tertiary/aromatic N) is 2. The van der Waals surface area contributed by atoms with Gasteiger partial charge in [0.05, 0.1) is 5.69 Å². The van der Waals surface area contributed by atoms with E-state index in [1.165, 1.54) is 5.56 Å². The molecule has 7 nitrogen and oxygen atoms in total. The summed E-state index contributed by atoms with van der Waals surface area (Å²) in [6, 6.07) is 22.1. The molecule has 0 bridgehead atoms. The quantitative estimate of drug-likeness (QED) is 0.630. The standard InChI is InChI=1S/C27H25N3O4/c1-18-26(32)30(23-8-4-5-9-24(23)34-18)17-15-25(31)28-21-12-10-20(11-13-21)27(33)29-16-14-19-6-2-3-7-22(19)29/h2-13,18H,14-17H2,1H3,(H,28,31). The van der Waals surface area contributed by atoms with Crippen LogP contribution in [0.25, 0.3) is 0 Å². The highest BCUT2D eigenvalue weighted by Gasteiger charge is 2.31. The zero-order valence-corrected chi connectivity index (χ0v) is 18.9. The van der Waals surface area contributed by atoms with Crippen molar-refractivity contribution in [3.63, 3.8) is 0 Å². The molecule has 34 heavy (non-hydrogen) atoms. The van der Waals surface area contributed by atoms with Gasteiger partial charge >= 0.3 is 0 Å². The molecule has 0 aliphatic carbocycles. The fourth-order valence-electron chi connectivity index (χ4n) is 4.43. The summed E-state index contributed by atoms with van der Waals surface area (Å²) in [7, 11) is 0. The van der Waals surface area contributed by atoms with Gasteiger partial charge in [0.25, 0.3) is 11.8 Å². The maximum absolute atomic E-state index is 13.0. The van der Waals surface area contributed by atoms with Crippen LogP contribution < -0.4 is 19.9 Å². The molecule has 0 radical (unpaired) electrons. The van der Waals surface area contributed by atoms with Crippen molar-refractivity contribution in [3.05, 3.63) is 83.9 Å². The van der Waals surface area contributed by atoms with Crippen LogP contribution in [0.1, 0.15) is 29.3 Å². The van der Waals surface area contributed by atoms with Gasteiger partial charge in [-0.2, -0.15) is 0 Å². The minimum absolute atomic E-state index is 0.0542. The highest BCUT2D eigenvalue weighted by molar-refractivity contribution is 6.07. The lowest BCUT2D eigenvalue weighted by Crippen LogP contribution is -2.45. The number of ether oxygens (including phenoxy) is 1. The summed E-state index contributed by atoms with van der Waals surface area (Å²) < 4.78 is 5.64. The van der Waals surface area contributed by atoms with Gasteiger partial charge in [0, 0.05) is 36.4 Å². The van der Waals surface area contributed by atoms with Gasteiger partial charge in [-0.05, 0) is 61.4 Å². The number of hydrogen-bond acceptors (Lipinski definition) is 4. The Balaban J connectivity index is 1.20. The fraction of sp³-hybridized carbons (Fsp3) is 0.222. The van der Waals surface area contributed by atoms with Gasteiger partial charge in [-0.15, -0.1) is 0 Å². The number of nitrogens with one attached hydrogen (secondary N) is 1. The van der Waals surface area contributed by atoms with Crippen LogP contribution in [0.3, 0.4) is 0 Å². The maximum Gasteiger partial charge on any atom is 0.267 e. The molecule has 1 unspecified atom stereocenters. The molecule has 2 heterocycles. The Kier molecular flexibility index (Phi) is 5.76. The van der Waals surface area contributed by atoms with Crippen molar-refractivity contribution in [1.82, 2.24) is 0 Å². The fourth-order valence-corrected chi connectivity index (χ4v) is 4.43. The molecule has 3 aromatic rings. The topological polar surface area (TPSA) is 79.0 Å². The minimum atomic E-state index is -0.592. The molecule has 0 aromatic heterocycles. The van der Waals surface area contributed by atoms with Crippen LogP contribution >= 0.6 is 0 Å². The van der Waals surface area contributed by atoms with E-state index in [0.717, 1.165) is 12.1 Å². The number of carbonyl (C=O) groups is 3. The van der Waals surface area contributed by atoms with Crippen molar-refractivity contribution in [2.45, 2.75) is 25.9 Å². The highest BCUT2D eigenvalue weighted by atomic mass is 16.5. The van der Waals surface area contributed by atoms with Crippen molar-refractivity contribution in [3.8, 4) is 5.75 Å². The van der Waals surface area contributed by atoms with E-state index in [9.17, 15) is 14.4 Å². The molecule has 3 amide bonds. The summed E-state index contributed by atoms with van der Waals surface area (Å²) in [6.07, 6.45) is 0.397. The summed E-state index contributed by atoms with van der Waals surface area (Å²) >= 11 is 0. The van der Waals surface area contributed by atoms with E-state index in [1.807, 2.05) is 48.5 Å². The monoisotopic (exact) mass is 455 g/mol. The summed E-state index contributed by atoms with van der Waals surface area (Å²) in [4.78, 5) is 41.5. The molecule has 0 saturated heterocycles. The number of fused-ring (bicyclic) bond motifs is 2. The van der Waals surface area contributed by atoms with E-state index in [1.54, 1.807) is 41.0 Å². The van der Waals surface area contributed by atoms with E-state index in [-0.39, 0.29) is 30.7 Å².